The molecule has 1 fully saturated rings. The number of nitrogens with zero attached hydrogens (tertiary/aromatic N) is 2. The highest BCUT2D eigenvalue weighted by Gasteiger charge is 2.32. The van der Waals surface area contributed by atoms with Gasteiger partial charge in [-0.05, 0) is 43.5 Å². The van der Waals surface area contributed by atoms with Gasteiger partial charge in [0.15, 0.2) is 11.5 Å². The summed E-state index contributed by atoms with van der Waals surface area (Å²) in [6.07, 6.45) is 4.96. The predicted octanol–water partition coefficient (Wildman–Crippen LogP) is 3.35. The summed E-state index contributed by atoms with van der Waals surface area (Å²) in [6, 6.07) is 11.0. The second kappa shape index (κ2) is 11.6. The van der Waals surface area contributed by atoms with Gasteiger partial charge in [-0.3, -0.25) is 13.9 Å². The van der Waals surface area contributed by atoms with Gasteiger partial charge >= 0.3 is 0 Å². The first-order valence-electron chi connectivity index (χ1n) is 12.3. The minimum Gasteiger partial charge on any atom is -0.486 e. The fourth-order valence-electron chi connectivity index (χ4n) is 4.59. The minimum atomic E-state index is -3.86. The van der Waals surface area contributed by atoms with E-state index in [1.54, 1.807) is 43.3 Å². The molecule has 2 aromatic rings. The standard InChI is InChI=1S/C26H32ClN3O6S/c1-18(26(32)28-20-8-4-5-9-20)29(16-19-7-3-6-10-22(19)27)25(31)17-30(37(2,33)34)21-11-12-23-24(15-21)36-14-13-35-23/h3,6-7,10-12,15,18,20H,4-5,8-9,13-14,16-17H2,1-2H3,(H,28,32). The monoisotopic (exact) mass is 549 g/mol. The highest BCUT2D eigenvalue weighted by molar-refractivity contribution is 7.92. The Bertz CT molecular complexity index is 1250. The fourth-order valence-corrected chi connectivity index (χ4v) is 5.62. The number of hydrogen-bond acceptors (Lipinski definition) is 6. The van der Waals surface area contributed by atoms with Crippen molar-refractivity contribution < 1.29 is 27.5 Å². The van der Waals surface area contributed by atoms with Gasteiger partial charge in [0.25, 0.3) is 0 Å². The first-order valence-corrected chi connectivity index (χ1v) is 14.6. The molecule has 1 heterocycles. The summed E-state index contributed by atoms with van der Waals surface area (Å²) in [7, 11) is -3.86. The number of amides is 2. The highest BCUT2D eigenvalue weighted by Crippen LogP contribution is 2.35. The zero-order valence-electron chi connectivity index (χ0n) is 21.0. The fraction of sp³-hybridized carbons (Fsp3) is 0.462. The lowest BCUT2D eigenvalue weighted by molar-refractivity contribution is -0.139. The lowest BCUT2D eigenvalue weighted by Gasteiger charge is -2.32. The third kappa shape index (κ3) is 6.67. The van der Waals surface area contributed by atoms with Crippen LogP contribution in [0.1, 0.15) is 38.2 Å². The van der Waals surface area contributed by atoms with E-state index in [1.807, 2.05) is 0 Å². The molecule has 0 radical (unpaired) electrons. The summed E-state index contributed by atoms with van der Waals surface area (Å²) in [5.74, 6) is 0.0984. The number of nitrogens with one attached hydrogen (secondary N) is 1. The molecule has 2 aliphatic rings. The Morgan fingerprint density at radius 1 is 1.08 bits per heavy atom. The van der Waals surface area contributed by atoms with Crippen LogP contribution in [0.4, 0.5) is 5.69 Å². The second-order valence-corrected chi connectivity index (χ2v) is 11.7. The molecule has 0 bridgehead atoms. The number of halogens is 1. The molecule has 37 heavy (non-hydrogen) atoms. The third-order valence-electron chi connectivity index (χ3n) is 6.66. The smallest absolute Gasteiger partial charge is 0.244 e. The van der Waals surface area contributed by atoms with E-state index in [-0.39, 0.29) is 24.2 Å². The number of fused-ring (bicyclic) bond motifs is 1. The van der Waals surface area contributed by atoms with E-state index < -0.39 is 28.5 Å². The quantitative estimate of drug-likeness (QED) is 0.514. The minimum absolute atomic E-state index is 0.0521. The number of carbonyl (C=O) groups is 2. The molecule has 2 amide bonds. The normalized spacial score (nSPS) is 16.2. The van der Waals surface area contributed by atoms with Crippen LogP contribution in [0.2, 0.25) is 5.02 Å². The highest BCUT2D eigenvalue weighted by atomic mass is 35.5. The third-order valence-corrected chi connectivity index (χ3v) is 8.17. The van der Waals surface area contributed by atoms with Crippen molar-refractivity contribution in [1.82, 2.24) is 10.2 Å². The van der Waals surface area contributed by atoms with Crippen LogP contribution in [0, 0.1) is 0 Å². The molecule has 200 valence electrons. The average molecular weight is 550 g/mol. The zero-order chi connectivity index (χ0) is 26.6. The van der Waals surface area contributed by atoms with Gasteiger partial charge in [0.2, 0.25) is 21.8 Å². The molecule has 11 heteroatoms. The number of ether oxygens (including phenoxy) is 2. The van der Waals surface area contributed by atoms with Crippen molar-refractivity contribution in [2.75, 3.05) is 30.3 Å². The molecule has 1 unspecified atom stereocenters. The SMILES string of the molecule is CC(C(=O)NC1CCCC1)N(Cc1ccccc1Cl)C(=O)CN(c1ccc2c(c1)OCCO2)S(C)(=O)=O. The summed E-state index contributed by atoms with van der Waals surface area (Å²) >= 11 is 6.37. The lowest BCUT2D eigenvalue weighted by Crippen LogP contribution is -2.52. The van der Waals surface area contributed by atoms with Gasteiger partial charge in [-0.1, -0.05) is 42.6 Å². The van der Waals surface area contributed by atoms with Gasteiger partial charge < -0.3 is 19.7 Å². The van der Waals surface area contributed by atoms with E-state index in [9.17, 15) is 18.0 Å². The molecule has 9 nitrogen and oxygen atoms in total. The van der Waals surface area contributed by atoms with Crippen molar-refractivity contribution in [1.29, 1.82) is 0 Å². The molecule has 0 saturated heterocycles. The molecule has 2 aromatic carbocycles. The number of anilines is 1. The number of hydrogen-bond donors (Lipinski definition) is 1. The molecule has 1 N–H and O–H groups in total. The van der Waals surface area contributed by atoms with Crippen molar-refractivity contribution in [3.05, 3.63) is 53.1 Å². The van der Waals surface area contributed by atoms with Crippen LogP contribution in [-0.2, 0) is 26.2 Å². The molecule has 1 atom stereocenters. The van der Waals surface area contributed by atoms with Crippen LogP contribution in [0.5, 0.6) is 11.5 Å². The molecular weight excluding hydrogens is 518 g/mol. The van der Waals surface area contributed by atoms with Crippen molar-refractivity contribution in [3.63, 3.8) is 0 Å². The number of sulfonamides is 1. The molecule has 1 aliphatic heterocycles. The first-order chi connectivity index (χ1) is 17.6. The predicted molar refractivity (Wildman–Crippen MR) is 141 cm³/mol. The Morgan fingerprint density at radius 3 is 2.43 bits per heavy atom. The van der Waals surface area contributed by atoms with Crippen molar-refractivity contribution in [3.8, 4) is 11.5 Å². The van der Waals surface area contributed by atoms with E-state index in [4.69, 9.17) is 21.1 Å². The van der Waals surface area contributed by atoms with E-state index in [1.165, 1.54) is 11.0 Å². The Balaban J connectivity index is 1.61. The van der Waals surface area contributed by atoms with E-state index in [0.29, 0.717) is 35.3 Å². The van der Waals surface area contributed by atoms with Gasteiger partial charge in [-0.25, -0.2) is 8.42 Å². The molecule has 1 aliphatic carbocycles. The van der Waals surface area contributed by atoms with Crippen molar-refractivity contribution in [2.45, 2.75) is 51.2 Å². The Kier molecular flexibility index (Phi) is 8.49. The largest absolute Gasteiger partial charge is 0.486 e. The van der Waals surface area contributed by atoms with Gasteiger partial charge in [-0.2, -0.15) is 0 Å². The zero-order valence-corrected chi connectivity index (χ0v) is 22.6. The van der Waals surface area contributed by atoms with Gasteiger partial charge in [0.1, 0.15) is 25.8 Å². The Hall–Kier alpha value is -2.98. The summed E-state index contributed by atoms with van der Waals surface area (Å²) in [5, 5.41) is 3.49. The Morgan fingerprint density at radius 2 is 1.76 bits per heavy atom. The molecule has 0 aromatic heterocycles. The maximum Gasteiger partial charge on any atom is 0.244 e. The molecular formula is C26H32ClN3O6S. The van der Waals surface area contributed by atoms with Crippen LogP contribution in [0.3, 0.4) is 0 Å². The van der Waals surface area contributed by atoms with Crippen LogP contribution in [0.25, 0.3) is 0 Å². The van der Waals surface area contributed by atoms with Crippen LogP contribution < -0.4 is 19.1 Å². The van der Waals surface area contributed by atoms with E-state index in [2.05, 4.69) is 5.32 Å². The van der Waals surface area contributed by atoms with Gasteiger partial charge in [0.05, 0.1) is 11.9 Å². The van der Waals surface area contributed by atoms with Crippen LogP contribution in [0.15, 0.2) is 42.5 Å². The van der Waals surface area contributed by atoms with Crippen LogP contribution in [-0.4, -0.2) is 63.2 Å². The van der Waals surface area contributed by atoms with Crippen molar-refractivity contribution >= 4 is 39.1 Å². The molecule has 1 saturated carbocycles. The van der Waals surface area contributed by atoms with E-state index in [0.717, 1.165) is 36.2 Å². The maximum atomic E-state index is 13.7. The summed E-state index contributed by atoms with van der Waals surface area (Å²) in [4.78, 5) is 28.2. The lowest BCUT2D eigenvalue weighted by atomic mass is 10.1. The second-order valence-electron chi connectivity index (χ2n) is 9.38. The Labute approximate surface area is 222 Å². The van der Waals surface area contributed by atoms with Gasteiger partial charge in [0, 0.05) is 23.7 Å². The summed E-state index contributed by atoms with van der Waals surface area (Å²) in [6.45, 7) is 1.94. The molecule has 0 spiro atoms. The number of carbonyl (C=O) groups excluding carboxylic acids is 2. The van der Waals surface area contributed by atoms with Gasteiger partial charge in [-0.15, -0.1) is 0 Å². The number of benzene rings is 2. The van der Waals surface area contributed by atoms with E-state index >= 15 is 0 Å². The summed E-state index contributed by atoms with van der Waals surface area (Å²) < 4.78 is 37.7. The average Bonchev–Trinajstić information content (AvgIpc) is 3.38. The van der Waals surface area contributed by atoms with Crippen molar-refractivity contribution in [2.24, 2.45) is 0 Å². The number of rotatable bonds is 9. The first kappa shape index (κ1) is 27.1. The maximum absolute atomic E-state index is 13.7. The topological polar surface area (TPSA) is 105 Å². The molecule has 4 rings (SSSR count). The summed E-state index contributed by atoms with van der Waals surface area (Å²) in [5.41, 5.74) is 0.920. The van der Waals surface area contributed by atoms with Crippen LogP contribution >= 0.6 is 11.6 Å².